The van der Waals surface area contributed by atoms with E-state index in [9.17, 15) is 14.4 Å². The molecule has 0 aromatic heterocycles. The minimum Gasteiger partial charge on any atom is -0.326 e. The zero-order chi connectivity index (χ0) is 24.8. The van der Waals surface area contributed by atoms with Crippen LogP contribution in [-0.2, 0) is 9.59 Å². The Hall–Kier alpha value is -2.37. The number of carbonyl (C=O) groups is 3. The van der Waals surface area contributed by atoms with Gasteiger partial charge in [0.05, 0.1) is 10.7 Å². The molecule has 0 fully saturated rings. The number of halogens is 2. The monoisotopic (exact) mass is 504 g/mol. The molecule has 2 amide bonds. The quantitative estimate of drug-likeness (QED) is 0.113. The standard InChI is InChI=1S/C27H34Cl2N2O3/c1-2-3-4-5-6-7-8-9-10-15-24(32)30-21-18-16-20(17-19-21)26(33)25(29)27(34)31-23-14-12-11-13-22(23)28/h11-14,16-19,25H,2-10,15H2,1H3,(H,30,32)(H,31,34). The molecule has 7 heteroatoms. The Morgan fingerprint density at radius 3 is 2.00 bits per heavy atom. The van der Waals surface area contributed by atoms with Crippen LogP contribution in [0.3, 0.4) is 0 Å². The van der Waals surface area contributed by atoms with Gasteiger partial charge in [-0.25, -0.2) is 0 Å². The van der Waals surface area contributed by atoms with Crippen molar-refractivity contribution in [1.82, 2.24) is 0 Å². The number of rotatable bonds is 15. The summed E-state index contributed by atoms with van der Waals surface area (Å²) in [5, 5.41) is 4.36. The second-order valence-electron chi connectivity index (χ2n) is 8.40. The molecule has 5 nitrogen and oxygen atoms in total. The van der Waals surface area contributed by atoms with E-state index in [-0.39, 0.29) is 11.5 Å². The van der Waals surface area contributed by atoms with Crippen molar-refractivity contribution >= 4 is 52.2 Å². The van der Waals surface area contributed by atoms with Gasteiger partial charge < -0.3 is 10.6 Å². The highest BCUT2D eigenvalue weighted by atomic mass is 35.5. The number of hydrogen-bond acceptors (Lipinski definition) is 3. The SMILES string of the molecule is CCCCCCCCCCCC(=O)Nc1ccc(C(=O)C(Cl)C(=O)Nc2ccccc2Cl)cc1. The summed E-state index contributed by atoms with van der Waals surface area (Å²) in [7, 11) is 0. The normalized spacial score (nSPS) is 11.6. The lowest BCUT2D eigenvalue weighted by atomic mass is 10.1. The summed E-state index contributed by atoms with van der Waals surface area (Å²) in [5.74, 6) is -1.23. The third-order valence-electron chi connectivity index (χ3n) is 5.55. The van der Waals surface area contributed by atoms with Crippen molar-refractivity contribution in [2.75, 3.05) is 10.6 Å². The van der Waals surface area contributed by atoms with Gasteiger partial charge in [-0.3, -0.25) is 14.4 Å². The molecule has 2 rings (SSSR count). The molecule has 0 aliphatic carbocycles. The molecular formula is C27H34Cl2N2O3. The number of anilines is 2. The summed E-state index contributed by atoms with van der Waals surface area (Å²) >= 11 is 12.1. The van der Waals surface area contributed by atoms with Gasteiger partial charge in [0, 0.05) is 17.7 Å². The van der Waals surface area contributed by atoms with Gasteiger partial charge >= 0.3 is 0 Å². The molecule has 0 spiro atoms. The highest BCUT2D eigenvalue weighted by molar-refractivity contribution is 6.45. The van der Waals surface area contributed by atoms with Crippen LogP contribution < -0.4 is 10.6 Å². The fourth-order valence-electron chi connectivity index (χ4n) is 3.56. The summed E-state index contributed by atoms with van der Waals surface area (Å²) in [6.45, 7) is 2.22. The lowest BCUT2D eigenvalue weighted by Crippen LogP contribution is -2.30. The van der Waals surface area contributed by atoms with E-state index in [2.05, 4.69) is 17.6 Å². The van der Waals surface area contributed by atoms with Crippen LogP contribution in [-0.4, -0.2) is 23.0 Å². The van der Waals surface area contributed by atoms with Crippen LogP contribution in [0.5, 0.6) is 0 Å². The molecule has 184 valence electrons. The van der Waals surface area contributed by atoms with Gasteiger partial charge in [-0.15, -0.1) is 11.6 Å². The van der Waals surface area contributed by atoms with Crippen LogP contribution in [0.25, 0.3) is 0 Å². The first-order valence-electron chi connectivity index (χ1n) is 12.1. The molecule has 2 aromatic rings. The van der Waals surface area contributed by atoms with Crippen molar-refractivity contribution in [1.29, 1.82) is 0 Å². The van der Waals surface area contributed by atoms with Crippen molar-refractivity contribution in [3.05, 3.63) is 59.1 Å². The summed E-state index contributed by atoms with van der Waals surface area (Å²) in [6, 6.07) is 13.1. The van der Waals surface area contributed by atoms with Crippen LogP contribution in [0.15, 0.2) is 48.5 Å². The van der Waals surface area contributed by atoms with Gasteiger partial charge in [-0.1, -0.05) is 82.0 Å². The van der Waals surface area contributed by atoms with Gasteiger partial charge in [0.25, 0.3) is 0 Å². The van der Waals surface area contributed by atoms with Crippen LogP contribution >= 0.6 is 23.2 Å². The van der Waals surface area contributed by atoms with E-state index in [1.165, 1.54) is 44.9 Å². The van der Waals surface area contributed by atoms with Crippen LogP contribution in [0.2, 0.25) is 5.02 Å². The minimum absolute atomic E-state index is 0.0450. The van der Waals surface area contributed by atoms with E-state index >= 15 is 0 Å². The molecule has 1 atom stereocenters. The molecule has 0 aliphatic rings. The molecule has 2 N–H and O–H groups in total. The Balaban J connectivity index is 1.72. The highest BCUT2D eigenvalue weighted by Gasteiger charge is 2.25. The molecule has 0 heterocycles. The fourth-order valence-corrected chi connectivity index (χ4v) is 3.93. The summed E-state index contributed by atoms with van der Waals surface area (Å²) in [6.07, 6.45) is 11.3. The number of Topliss-reactive ketones (excluding diaryl/α,β-unsaturated/α-hetero) is 1. The van der Waals surface area contributed by atoms with Crippen molar-refractivity contribution < 1.29 is 14.4 Å². The van der Waals surface area contributed by atoms with Crippen LogP contribution in [0.4, 0.5) is 11.4 Å². The number of carbonyl (C=O) groups excluding carboxylic acids is 3. The van der Waals surface area contributed by atoms with Crippen LogP contribution in [0, 0.1) is 0 Å². The predicted molar refractivity (Wildman–Crippen MR) is 141 cm³/mol. The molecule has 34 heavy (non-hydrogen) atoms. The maximum atomic E-state index is 12.6. The average Bonchev–Trinajstić information content (AvgIpc) is 2.84. The van der Waals surface area contributed by atoms with Gasteiger partial charge in [0.2, 0.25) is 11.8 Å². The minimum atomic E-state index is -1.40. The molecule has 0 radical (unpaired) electrons. The van der Waals surface area contributed by atoms with Crippen molar-refractivity contribution in [2.24, 2.45) is 0 Å². The Morgan fingerprint density at radius 1 is 0.794 bits per heavy atom. The smallest absolute Gasteiger partial charge is 0.250 e. The van der Waals surface area contributed by atoms with Crippen molar-refractivity contribution in [3.8, 4) is 0 Å². The first-order chi connectivity index (χ1) is 16.4. The Kier molecular flexibility index (Phi) is 12.7. The van der Waals surface area contributed by atoms with E-state index in [0.29, 0.717) is 22.8 Å². The Bertz CT molecular complexity index is 932. The fraction of sp³-hybridized carbons (Fsp3) is 0.444. The summed E-state index contributed by atoms with van der Waals surface area (Å²) in [5.41, 5.74) is 1.27. The van der Waals surface area contributed by atoms with Crippen molar-refractivity contribution in [3.63, 3.8) is 0 Å². The van der Waals surface area contributed by atoms with Gasteiger partial charge in [0.15, 0.2) is 11.2 Å². The lowest BCUT2D eigenvalue weighted by molar-refractivity contribution is -0.116. The van der Waals surface area contributed by atoms with E-state index in [1.54, 1.807) is 48.5 Å². The number of nitrogens with one attached hydrogen (secondary N) is 2. The topological polar surface area (TPSA) is 75.3 Å². The molecule has 0 aliphatic heterocycles. The van der Waals surface area contributed by atoms with Crippen LogP contribution in [0.1, 0.15) is 81.5 Å². The highest BCUT2D eigenvalue weighted by Crippen LogP contribution is 2.22. The second kappa shape index (κ2) is 15.5. The van der Waals surface area contributed by atoms with Gasteiger partial charge in [-0.2, -0.15) is 0 Å². The Labute approximate surface area is 212 Å². The summed E-state index contributed by atoms with van der Waals surface area (Å²) in [4.78, 5) is 37.1. The third kappa shape index (κ3) is 9.86. The maximum Gasteiger partial charge on any atom is 0.250 e. The molecule has 0 saturated heterocycles. The number of ketones is 1. The number of benzene rings is 2. The zero-order valence-corrected chi connectivity index (χ0v) is 21.3. The second-order valence-corrected chi connectivity index (χ2v) is 9.24. The number of para-hydroxylation sites is 1. The number of amides is 2. The van der Waals surface area contributed by atoms with E-state index in [1.807, 2.05) is 0 Å². The molecule has 2 aromatic carbocycles. The Morgan fingerprint density at radius 2 is 1.38 bits per heavy atom. The first-order valence-corrected chi connectivity index (χ1v) is 12.9. The van der Waals surface area contributed by atoms with Crippen molar-refractivity contribution in [2.45, 2.75) is 76.5 Å². The molecule has 0 bridgehead atoms. The zero-order valence-electron chi connectivity index (χ0n) is 19.7. The summed E-state index contributed by atoms with van der Waals surface area (Å²) < 4.78 is 0. The van der Waals surface area contributed by atoms with Gasteiger partial charge in [0.1, 0.15) is 0 Å². The van der Waals surface area contributed by atoms with E-state index in [4.69, 9.17) is 23.2 Å². The van der Waals surface area contributed by atoms with Gasteiger partial charge in [-0.05, 0) is 42.8 Å². The number of hydrogen-bond donors (Lipinski definition) is 2. The molecule has 1 unspecified atom stereocenters. The number of alkyl halides is 1. The first kappa shape index (κ1) is 27.9. The predicted octanol–water partition coefficient (Wildman–Crippen LogP) is 7.63. The lowest BCUT2D eigenvalue weighted by Gasteiger charge is -2.11. The number of unbranched alkanes of at least 4 members (excludes halogenated alkanes) is 8. The van der Waals surface area contributed by atoms with E-state index < -0.39 is 17.1 Å². The van der Waals surface area contributed by atoms with E-state index in [0.717, 1.165) is 12.8 Å². The average molecular weight is 505 g/mol. The molecule has 0 saturated carbocycles. The third-order valence-corrected chi connectivity index (χ3v) is 6.28. The molecular weight excluding hydrogens is 471 g/mol. The largest absolute Gasteiger partial charge is 0.326 e. The maximum absolute atomic E-state index is 12.6.